The van der Waals surface area contributed by atoms with Gasteiger partial charge in [0.25, 0.3) is 0 Å². The molecule has 6 nitrogen and oxygen atoms in total. The van der Waals surface area contributed by atoms with Crippen LogP contribution >= 0.6 is 0 Å². The summed E-state index contributed by atoms with van der Waals surface area (Å²) < 4.78 is 5.13. The normalized spacial score (nSPS) is 21.6. The van der Waals surface area contributed by atoms with Gasteiger partial charge in [0.1, 0.15) is 5.92 Å². The minimum atomic E-state index is -0.585. The second-order valence-electron chi connectivity index (χ2n) is 10.3. The van der Waals surface area contributed by atoms with E-state index >= 15 is 0 Å². The van der Waals surface area contributed by atoms with Crippen LogP contribution in [0, 0.1) is 0 Å². The molecule has 196 valence electrons. The number of carbonyl (C=O) groups excluding carboxylic acids is 2. The van der Waals surface area contributed by atoms with Crippen LogP contribution in [0.2, 0.25) is 0 Å². The first-order valence-corrected chi connectivity index (χ1v) is 13.5. The molecule has 3 unspecified atom stereocenters. The van der Waals surface area contributed by atoms with Gasteiger partial charge in [-0.3, -0.25) is 14.7 Å². The summed E-state index contributed by atoms with van der Waals surface area (Å²) in [6, 6.07) is 24.6. The van der Waals surface area contributed by atoms with Gasteiger partial charge >= 0.3 is 5.97 Å². The molecular weight excluding hydrogens is 474 g/mol. The highest BCUT2D eigenvalue weighted by molar-refractivity contribution is 6.24. The Labute approximate surface area is 224 Å². The fourth-order valence-corrected chi connectivity index (χ4v) is 5.59. The third-order valence-electron chi connectivity index (χ3n) is 7.67. The lowest BCUT2D eigenvalue weighted by Gasteiger charge is -2.39. The van der Waals surface area contributed by atoms with E-state index in [4.69, 9.17) is 9.73 Å². The van der Waals surface area contributed by atoms with Crippen LogP contribution < -0.4 is 5.32 Å². The Morgan fingerprint density at radius 3 is 2.37 bits per heavy atom. The number of piperidine rings is 1. The van der Waals surface area contributed by atoms with Gasteiger partial charge in [-0.25, -0.2) is 4.79 Å². The van der Waals surface area contributed by atoms with Crippen LogP contribution in [0.4, 0.5) is 11.4 Å². The lowest BCUT2D eigenvalue weighted by atomic mass is 9.90. The SMILES string of the molecule is CCOC(=O)c1ccc2c(c1)NC(=O)C2C(=Nc1ccc(CN2C(C)CCCC2C)cc1)c1ccccc1. The summed E-state index contributed by atoms with van der Waals surface area (Å²) in [4.78, 5) is 33.1. The summed E-state index contributed by atoms with van der Waals surface area (Å²) in [5, 5.41) is 2.95. The van der Waals surface area contributed by atoms with Crippen LogP contribution in [0.1, 0.15) is 73.0 Å². The quantitative estimate of drug-likeness (QED) is 0.292. The number of carbonyl (C=O) groups is 2. The van der Waals surface area contributed by atoms with Gasteiger partial charge in [-0.05, 0) is 74.6 Å². The zero-order chi connectivity index (χ0) is 26.6. The number of amides is 1. The molecule has 0 bridgehead atoms. The second kappa shape index (κ2) is 11.3. The van der Waals surface area contributed by atoms with Crippen LogP contribution in [0.25, 0.3) is 0 Å². The van der Waals surface area contributed by atoms with Gasteiger partial charge in [-0.1, -0.05) is 55.0 Å². The first-order valence-electron chi connectivity index (χ1n) is 13.5. The van der Waals surface area contributed by atoms with E-state index in [2.05, 4.69) is 36.2 Å². The standard InChI is InChI=1S/C32H35N3O3/c1-4-38-32(37)25-15-18-27-28(19-25)34-31(36)29(27)30(24-11-6-5-7-12-24)33-26-16-13-23(14-17-26)20-35-21(2)9-8-10-22(35)3/h5-7,11-19,21-22,29H,4,8-10,20H2,1-3H3,(H,34,36). The number of hydrogen-bond acceptors (Lipinski definition) is 5. The number of hydrogen-bond donors (Lipinski definition) is 1. The van der Waals surface area contributed by atoms with E-state index < -0.39 is 11.9 Å². The average Bonchev–Trinajstić information content (AvgIpc) is 3.25. The Kier molecular flexibility index (Phi) is 7.70. The Bertz CT molecular complexity index is 1320. The zero-order valence-corrected chi connectivity index (χ0v) is 22.3. The average molecular weight is 510 g/mol. The van der Waals surface area contributed by atoms with E-state index in [9.17, 15) is 9.59 Å². The van der Waals surface area contributed by atoms with Crippen molar-refractivity contribution in [2.75, 3.05) is 11.9 Å². The van der Waals surface area contributed by atoms with Crippen LogP contribution in [0.5, 0.6) is 0 Å². The number of ether oxygens (including phenoxy) is 1. The number of likely N-dealkylation sites (tertiary alicyclic amines) is 1. The van der Waals surface area contributed by atoms with Crippen molar-refractivity contribution >= 4 is 29.0 Å². The molecule has 0 aliphatic carbocycles. The maximum Gasteiger partial charge on any atom is 0.338 e. The monoisotopic (exact) mass is 509 g/mol. The fraction of sp³-hybridized carbons (Fsp3) is 0.344. The minimum absolute atomic E-state index is 0.159. The minimum Gasteiger partial charge on any atom is -0.462 e. The third kappa shape index (κ3) is 5.41. The second-order valence-corrected chi connectivity index (χ2v) is 10.3. The molecule has 3 atom stereocenters. The van der Waals surface area contributed by atoms with Crippen LogP contribution in [0.3, 0.4) is 0 Å². The number of benzene rings is 3. The highest BCUT2D eigenvalue weighted by Gasteiger charge is 2.36. The van der Waals surface area contributed by atoms with Gasteiger partial charge in [0.2, 0.25) is 5.91 Å². The molecule has 0 radical (unpaired) electrons. The summed E-state index contributed by atoms with van der Waals surface area (Å²) in [5.74, 6) is -1.15. The van der Waals surface area contributed by atoms with Gasteiger partial charge in [0.15, 0.2) is 0 Å². The van der Waals surface area contributed by atoms with Crippen molar-refractivity contribution in [3.63, 3.8) is 0 Å². The van der Waals surface area contributed by atoms with E-state index in [0.717, 1.165) is 23.4 Å². The molecule has 3 aromatic carbocycles. The van der Waals surface area contributed by atoms with Gasteiger partial charge < -0.3 is 10.1 Å². The molecule has 2 heterocycles. The van der Waals surface area contributed by atoms with Gasteiger partial charge in [0.05, 0.1) is 23.6 Å². The van der Waals surface area contributed by atoms with E-state index in [0.29, 0.717) is 35.7 Å². The fourth-order valence-electron chi connectivity index (χ4n) is 5.59. The predicted molar refractivity (Wildman–Crippen MR) is 151 cm³/mol. The highest BCUT2D eigenvalue weighted by atomic mass is 16.5. The first kappa shape index (κ1) is 25.9. The summed E-state index contributed by atoms with van der Waals surface area (Å²) >= 11 is 0. The van der Waals surface area contributed by atoms with Gasteiger partial charge in [-0.2, -0.15) is 0 Å². The van der Waals surface area contributed by atoms with Crippen LogP contribution in [-0.4, -0.2) is 41.2 Å². The molecule has 38 heavy (non-hydrogen) atoms. The van der Waals surface area contributed by atoms with Crippen molar-refractivity contribution in [2.24, 2.45) is 4.99 Å². The van der Waals surface area contributed by atoms with Crippen molar-refractivity contribution in [1.29, 1.82) is 0 Å². The highest BCUT2D eigenvalue weighted by Crippen LogP contribution is 2.37. The smallest absolute Gasteiger partial charge is 0.338 e. The van der Waals surface area contributed by atoms with E-state index in [1.807, 2.05) is 48.5 Å². The van der Waals surface area contributed by atoms with Crippen molar-refractivity contribution in [1.82, 2.24) is 4.90 Å². The number of fused-ring (bicyclic) bond motifs is 1. The van der Waals surface area contributed by atoms with E-state index in [1.165, 1.54) is 24.8 Å². The largest absolute Gasteiger partial charge is 0.462 e. The van der Waals surface area contributed by atoms with Crippen LogP contribution in [0.15, 0.2) is 77.8 Å². The van der Waals surface area contributed by atoms with E-state index in [-0.39, 0.29) is 5.91 Å². The lowest BCUT2D eigenvalue weighted by molar-refractivity contribution is -0.115. The molecule has 1 amide bonds. The maximum absolute atomic E-state index is 13.3. The van der Waals surface area contributed by atoms with Crippen molar-refractivity contribution in [3.05, 3.63) is 95.1 Å². The molecule has 2 aliphatic heterocycles. The molecular formula is C32H35N3O3. The zero-order valence-electron chi connectivity index (χ0n) is 22.3. The number of nitrogens with one attached hydrogen (secondary N) is 1. The predicted octanol–water partition coefficient (Wildman–Crippen LogP) is 6.48. The summed E-state index contributed by atoms with van der Waals surface area (Å²) in [5.41, 5.74) is 5.46. The molecule has 1 N–H and O–H groups in total. The molecule has 0 saturated carbocycles. The van der Waals surface area contributed by atoms with Gasteiger partial charge in [0, 0.05) is 24.3 Å². The van der Waals surface area contributed by atoms with E-state index in [1.54, 1.807) is 19.1 Å². The number of anilines is 1. The first-order chi connectivity index (χ1) is 18.4. The molecule has 1 saturated heterocycles. The number of nitrogens with zero attached hydrogens (tertiary/aromatic N) is 2. The molecule has 6 heteroatoms. The molecule has 0 spiro atoms. The Balaban J connectivity index is 1.46. The number of aliphatic imine (C=N–C) groups is 1. The summed E-state index contributed by atoms with van der Waals surface area (Å²) in [6.07, 6.45) is 3.80. The van der Waals surface area contributed by atoms with Crippen molar-refractivity contribution < 1.29 is 14.3 Å². The van der Waals surface area contributed by atoms with Crippen LogP contribution in [-0.2, 0) is 16.1 Å². The number of rotatable bonds is 7. The lowest BCUT2D eigenvalue weighted by Crippen LogP contribution is -2.42. The Morgan fingerprint density at radius 1 is 0.974 bits per heavy atom. The third-order valence-corrected chi connectivity index (χ3v) is 7.67. The summed E-state index contributed by atoms with van der Waals surface area (Å²) in [6.45, 7) is 7.64. The molecule has 2 aliphatic rings. The number of esters is 1. The summed E-state index contributed by atoms with van der Waals surface area (Å²) in [7, 11) is 0. The Morgan fingerprint density at radius 2 is 1.68 bits per heavy atom. The topological polar surface area (TPSA) is 71.0 Å². The maximum atomic E-state index is 13.3. The molecule has 5 rings (SSSR count). The van der Waals surface area contributed by atoms with Crippen molar-refractivity contribution in [3.8, 4) is 0 Å². The molecule has 0 aromatic heterocycles. The molecule has 1 fully saturated rings. The molecule has 3 aromatic rings. The van der Waals surface area contributed by atoms with Crippen molar-refractivity contribution in [2.45, 2.75) is 64.6 Å². The van der Waals surface area contributed by atoms with Gasteiger partial charge in [-0.15, -0.1) is 0 Å². The Hall–Kier alpha value is -3.77.